The molecule has 2 unspecified atom stereocenters. The standard InChI is InChI=1S/C20H24ClNO3/c21-20-8-13-5-14(9-20)7-19(6-13,12-20)18(23)22-10-15-11-24-16-3-1-2-4-17(16)25-15/h1-4,13-15H,5-12H2,(H,22,23)/t13-,14+,15-,19?,20?/m1/s1. The summed E-state index contributed by atoms with van der Waals surface area (Å²) in [5.41, 5.74) is -0.251. The fraction of sp³-hybridized carbons (Fsp3) is 0.650. The number of hydrogen-bond acceptors (Lipinski definition) is 3. The summed E-state index contributed by atoms with van der Waals surface area (Å²) in [5.74, 6) is 2.96. The van der Waals surface area contributed by atoms with Gasteiger partial charge in [0.25, 0.3) is 0 Å². The summed E-state index contributed by atoms with van der Waals surface area (Å²) in [7, 11) is 0. The molecule has 0 spiro atoms. The second kappa shape index (κ2) is 5.54. The molecule has 5 heteroatoms. The summed E-state index contributed by atoms with van der Waals surface area (Å²) in [6.45, 7) is 0.953. The number of carbonyl (C=O) groups excluding carboxylic acids is 1. The van der Waals surface area contributed by atoms with E-state index in [0.29, 0.717) is 25.0 Å². The Balaban J connectivity index is 1.24. The molecule has 0 radical (unpaired) electrons. The Labute approximate surface area is 153 Å². The number of rotatable bonds is 3. The summed E-state index contributed by atoms with van der Waals surface area (Å²) in [6.07, 6.45) is 6.17. The van der Waals surface area contributed by atoms with E-state index in [4.69, 9.17) is 21.1 Å². The van der Waals surface area contributed by atoms with Crippen molar-refractivity contribution >= 4 is 17.5 Å². The van der Waals surface area contributed by atoms with E-state index in [9.17, 15) is 4.79 Å². The van der Waals surface area contributed by atoms with Crippen LogP contribution in [0.4, 0.5) is 0 Å². The molecule has 4 nitrogen and oxygen atoms in total. The van der Waals surface area contributed by atoms with Gasteiger partial charge in [-0.25, -0.2) is 0 Å². The van der Waals surface area contributed by atoms with Gasteiger partial charge in [0.2, 0.25) is 5.91 Å². The van der Waals surface area contributed by atoms with E-state index in [1.165, 1.54) is 6.42 Å². The molecule has 0 saturated heterocycles. The molecule has 5 aliphatic rings. The Hall–Kier alpha value is -1.42. The van der Waals surface area contributed by atoms with Crippen molar-refractivity contribution < 1.29 is 14.3 Å². The van der Waals surface area contributed by atoms with E-state index in [1.807, 2.05) is 24.3 Å². The summed E-state index contributed by atoms with van der Waals surface area (Å²) < 4.78 is 11.7. The van der Waals surface area contributed by atoms with Crippen LogP contribution in [0.1, 0.15) is 38.5 Å². The lowest BCUT2D eigenvalue weighted by atomic mass is 9.49. The van der Waals surface area contributed by atoms with Crippen molar-refractivity contribution in [1.29, 1.82) is 0 Å². The van der Waals surface area contributed by atoms with E-state index in [0.717, 1.165) is 43.6 Å². The summed E-state index contributed by atoms with van der Waals surface area (Å²) >= 11 is 6.84. The van der Waals surface area contributed by atoms with Gasteiger partial charge in [0, 0.05) is 4.87 Å². The predicted molar refractivity (Wildman–Crippen MR) is 95.1 cm³/mol. The first-order chi connectivity index (χ1) is 12.0. The maximum atomic E-state index is 13.1. The number of ether oxygens (including phenoxy) is 2. The Bertz CT molecular complexity index is 692. The number of fused-ring (bicyclic) bond motifs is 1. The quantitative estimate of drug-likeness (QED) is 0.838. The van der Waals surface area contributed by atoms with Crippen molar-refractivity contribution in [2.45, 2.75) is 49.5 Å². The molecule has 1 aliphatic heterocycles. The fourth-order valence-electron chi connectivity index (χ4n) is 5.97. The molecule has 4 bridgehead atoms. The Morgan fingerprint density at radius 1 is 1.16 bits per heavy atom. The molecule has 1 aromatic rings. The van der Waals surface area contributed by atoms with Gasteiger partial charge in [-0.05, 0) is 62.5 Å². The van der Waals surface area contributed by atoms with Crippen LogP contribution < -0.4 is 14.8 Å². The summed E-state index contributed by atoms with van der Waals surface area (Å²) in [6, 6.07) is 7.66. The Morgan fingerprint density at radius 3 is 2.60 bits per heavy atom. The lowest BCUT2D eigenvalue weighted by molar-refractivity contribution is -0.145. The number of nitrogens with one attached hydrogen (secondary N) is 1. The first-order valence-electron chi connectivity index (χ1n) is 9.39. The normalized spacial score (nSPS) is 40.8. The molecule has 25 heavy (non-hydrogen) atoms. The molecule has 1 N–H and O–H groups in total. The van der Waals surface area contributed by atoms with Crippen LogP contribution in [-0.2, 0) is 4.79 Å². The van der Waals surface area contributed by atoms with Crippen LogP contribution in [0, 0.1) is 17.3 Å². The van der Waals surface area contributed by atoms with Crippen LogP contribution >= 0.6 is 11.6 Å². The molecule has 6 rings (SSSR count). The number of amides is 1. The Morgan fingerprint density at radius 2 is 1.88 bits per heavy atom. The highest BCUT2D eigenvalue weighted by atomic mass is 35.5. The zero-order chi connectivity index (χ0) is 17.1. The second-order valence-electron chi connectivity index (χ2n) is 8.60. The zero-order valence-electron chi connectivity index (χ0n) is 14.3. The van der Waals surface area contributed by atoms with Crippen molar-refractivity contribution in [2.24, 2.45) is 17.3 Å². The van der Waals surface area contributed by atoms with Gasteiger partial charge in [-0.3, -0.25) is 4.79 Å². The minimum absolute atomic E-state index is 0.134. The third-order valence-electron chi connectivity index (χ3n) is 6.53. The van der Waals surface area contributed by atoms with E-state index < -0.39 is 0 Å². The average molecular weight is 362 g/mol. The van der Waals surface area contributed by atoms with Crippen molar-refractivity contribution in [3.63, 3.8) is 0 Å². The molecular formula is C20H24ClNO3. The SMILES string of the molecule is O=C(NC[C@@H]1COc2ccccc2O1)C12C[C@@H]3C[C@@H](CC(Cl)(C3)C1)C2. The molecule has 1 aromatic carbocycles. The van der Waals surface area contributed by atoms with Gasteiger partial charge in [-0.2, -0.15) is 0 Å². The summed E-state index contributed by atoms with van der Waals surface area (Å²) in [4.78, 5) is 12.9. The van der Waals surface area contributed by atoms with Crippen molar-refractivity contribution in [2.75, 3.05) is 13.2 Å². The highest BCUT2D eigenvalue weighted by Crippen LogP contribution is 2.63. The first-order valence-corrected chi connectivity index (χ1v) is 9.77. The largest absolute Gasteiger partial charge is 0.486 e. The number of carbonyl (C=O) groups is 1. The van der Waals surface area contributed by atoms with Crippen molar-refractivity contribution in [3.8, 4) is 11.5 Å². The summed E-state index contributed by atoms with van der Waals surface area (Å²) in [5, 5.41) is 3.15. The molecule has 1 amide bonds. The van der Waals surface area contributed by atoms with Gasteiger partial charge in [0.1, 0.15) is 12.7 Å². The maximum absolute atomic E-state index is 13.1. The van der Waals surface area contributed by atoms with Gasteiger partial charge < -0.3 is 14.8 Å². The number of alkyl halides is 1. The first kappa shape index (κ1) is 15.8. The smallest absolute Gasteiger partial charge is 0.226 e. The molecule has 1 heterocycles. The minimum Gasteiger partial charge on any atom is -0.486 e. The fourth-order valence-corrected chi connectivity index (χ4v) is 6.67. The zero-order valence-corrected chi connectivity index (χ0v) is 15.1. The molecule has 4 saturated carbocycles. The monoisotopic (exact) mass is 361 g/mol. The highest BCUT2D eigenvalue weighted by Gasteiger charge is 2.60. The molecule has 134 valence electrons. The lowest BCUT2D eigenvalue weighted by Gasteiger charge is -2.59. The molecule has 4 aliphatic carbocycles. The molecule has 5 atom stereocenters. The number of benzene rings is 1. The molecular weight excluding hydrogens is 338 g/mol. The Kier molecular flexibility index (Phi) is 3.50. The highest BCUT2D eigenvalue weighted by molar-refractivity contribution is 6.24. The van der Waals surface area contributed by atoms with Crippen LogP contribution in [0.2, 0.25) is 0 Å². The maximum Gasteiger partial charge on any atom is 0.226 e. The van der Waals surface area contributed by atoms with E-state index in [2.05, 4.69) is 5.32 Å². The lowest BCUT2D eigenvalue weighted by Crippen LogP contribution is -2.59. The van der Waals surface area contributed by atoms with Crippen LogP contribution in [0.3, 0.4) is 0 Å². The number of para-hydroxylation sites is 2. The second-order valence-corrected chi connectivity index (χ2v) is 9.40. The van der Waals surface area contributed by atoms with Crippen molar-refractivity contribution in [1.82, 2.24) is 5.32 Å². The van der Waals surface area contributed by atoms with Crippen molar-refractivity contribution in [3.05, 3.63) is 24.3 Å². The topological polar surface area (TPSA) is 47.6 Å². The van der Waals surface area contributed by atoms with E-state index in [-0.39, 0.29) is 22.3 Å². The van der Waals surface area contributed by atoms with Crippen LogP contribution in [0.25, 0.3) is 0 Å². The van der Waals surface area contributed by atoms with Gasteiger partial charge in [0.15, 0.2) is 11.5 Å². The molecule has 0 aromatic heterocycles. The van der Waals surface area contributed by atoms with Gasteiger partial charge in [-0.1, -0.05) is 12.1 Å². The van der Waals surface area contributed by atoms with E-state index in [1.54, 1.807) is 0 Å². The van der Waals surface area contributed by atoms with Crippen LogP contribution in [0.15, 0.2) is 24.3 Å². The predicted octanol–water partition coefficient (Wildman–Crippen LogP) is 3.52. The van der Waals surface area contributed by atoms with Gasteiger partial charge in [0.05, 0.1) is 12.0 Å². The van der Waals surface area contributed by atoms with Crippen LogP contribution in [-0.4, -0.2) is 30.0 Å². The average Bonchev–Trinajstić information content (AvgIpc) is 2.57. The van der Waals surface area contributed by atoms with Gasteiger partial charge >= 0.3 is 0 Å². The third kappa shape index (κ3) is 2.69. The molecule has 4 fully saturated rings. The van der Waals surface area contributed by atoms with E-state index >= 15 is 0 Å². The number of hydrogen-bond donors (Lipinski definition) is 1. The number of halogens is 1. The minimum atomic E-state index is -0.251. The van der Waals surface area contributed by atoms with Crippen LogP contribution in [0.5, 0.6) is 11.5 Å². The van der Waals surface area contributed by atoms with Gasteiger partial charge in [-0.15, -0.1) is 11.6 Å². The third-order valence-corrected chi connectivity index (χ3v) is 6.97.